The standard InChI is InChI=1S/C13H19FN2O2S2/c1-4-12(8(2)3)16-20(17,18)9-5-6-11(14)10(7-9)13(15)19/h5-8,12,16H,4H2,1-3H3,(H2,15,19). The Balaban J connectivity index is 3.16. The van der Waals surface area contributed by atoms with Gasteiger partial charge in [-0.15, -0.1) is 0 Å². The maximum Gasteiger partial charge on any atom is 0.240 e. The first-order valence-corrected chi connectivity index (χ1v) is 8.19. The molecule has 0 radical (unpaired) electrons. The molecule has 1 aromatic rings. The van der Waals surface area contributed by atoms with E-state index in [1.807, 2.05) is 20.8 Å². The van der Waals surface area contributed by atoms with Crippen molar-refractivity contribution in [3.63, 3.8) is 0 Å². The topological polar surface area (TPSA) is 72.2 Å². The minimum Gasteiger partial charge on any atom is -0.389 e. The molecule has 0 aromatic heterocycles. The van der Waals surface area contributed by atoms with E-state index in [1.54, 1.807) is 0 Å². The van der Waals surface area contributed by atoms with E-state index in [4.69, 9.17) is 18.0 Å². The molecule has 1 atom stereocenters. The predicted molar refractivity (Wildman–Crippen MR) is 81.5 cm³/mol. The zero-order chi connectivity index (χ0) is 15.5. The Morgan fingerprint density at radius 2 is 2.05 bits per heavy atom. The second-order valence-corrected chi connectivity index (χ2v) is 7.04. The Morgan fingerprint density at radius 3 is 2.50 bits per heavy atom. The number of hydrogen-bond acceptors (Lipinski definition) is 3. The molecule has 0 aliphatic heterocycles. The first kappa shape index (κ1) is 17.0. The van der Waals surface area contributed by atoms with Crippen molar-refractivity contribution >= 4 is 27.2 Å². The van der Waals surface area contributed by atoms with Crippen LogP contribution in [0.15, 0.2) is 23.1 Å². The van der Waals surface area contributed by atoms with Crippen molar-refractivity contribution in [1.29, 1.82) is 0 Å². The van der Waals surface area contributed by atoms with Crippen molar-refractivity contribution in [2.24, 2.45) is 11.7 Å². The molecular formula is C13H19FN2O2S2. The molecule has 0 saturated carbocycles. The van der Waals surface area contributed by atoms with Gasteiger partial charge in [0.1, 0.15) is 10.8 Å². The van der Waals surface area contributed by atoms with Gasteiger partial charge in [0.25, 0.3) is 0 Å². The zero-order valence-corrected chi connectivity index (χ0v) is 13.3. The van der Waals surface area contributed by atoms with Crippen LogP contribution in [-0.2, 0) is 10.0 Å². The van der Waals surface area contributed by atoms with Crippen LogP contribution in [0.1, 0.15) is 32.8 Å². The van der Waals surface area contributed by atoms with E-state index in [0.717, 1.165) is 12.1 Å². The third-order valence-corrected chi connectivity index (χ3v) is 4.77. The molecule has 3 N–H and O–H groups in total. The molecule has 0 fully saturated rings. The summed E-state index contributed by atoms with van der Waals surface area (Å²) in [6, 6.07) is 3.23. The second kappa shape index (κ2) is 6.60. The van der Waals surface area contributed by atoms with Crippen LogP contribution in [0.4, 0.5) is 4.39 Å². The van der Waals surface area contributed by atoms with Crippen LogP contribution >= 0.6 is 12.2 Å². The van der Waals surface area contributed by atoms with Crippen LogP contribution in [0.3, 0.4) is 0 Å². The van der Waals surface area contributed by atoms with Crippen LogP contribution in [0.5, 0.6) is 0 Å². The number of nitrogens with one attached hydrogen (secondary N) is 1. The Kier molecular flexibility index (Phi) is 5.61. The molecule has 0 spiro atoms. The summed E-state index contributed by atoms with van der Waals surface area (Å²) in [6.45, 7) is 5.77. The van der Waals surface area contributed by atoms with Gasteiger partial charge in [-0.05, 0) is 30.5 Å². The maximum absolute atomic E-state index is 13.5. The molecule has 0 heterocycles. The van der Waals surface area contributed by atoms with E-state index < -0.39 is 15.8 Å². The van der Waals surface area contributed by atoms with E-state index in [2.05, 4.69) is 4.72 Å². The van der Waals surface area contributed by atoms with Crippen molar-refractivity contribution in [3.8, 4) is 0 Å². The van der Waals surface area contributed by atoms with E-state index in [0.29, 0.717) is 6.42 Å². The third kappa shape index (κ3) is 3.97. The number of thiocarbonyl (C=S) groups is 1. The van der Waals surface area contributed by atoms with Gasteiger partial charge >= 0.3 is 0 Å². The molecule has 1 rings (SSSR count). The second-order valence-electron chi connectivity index (χ2n) is 4.89. The summed E-state index contributed by atoms with van der Waals surface area (Å²) in [5.41, 5.74) is 5.31. The van der Waals surface area contributed by atoms with Crippen molar-refractivity contribution < 1.29 is 12.8 Å². The molecule has 7 heteroatoms. The quantitative estimate of drug-likeness (QED) is 0.789. The summed E-state index contributed by atoms with van der Waals surface area (Å²) in [6.07, 6.45) is 0.667. The normalized spacial score (nSPS) is 13.4. The van der Waals surface area contributed by atoms with Crippen molar-refractivity contribution in [2.45, 2.75) is 38.1 Å². The monoisotopic (exact) mass is 318 g/mol. The van der Waals surface area contributed by atoms with Gasteiger partial charge in [0.05, 0.1) is 4.90 Å². The smallest absolute Gasteiger partial charge is 0.240 e. The fourth-order valence-corrected chi connectivity index (χ4v) is 3.47. The maximum atomic E-state index is 13.5. The largest absolute Gasteiger partial charge is 0.389 e. The predicted octanol–water partition coefficient (Wildman–Crippen LogP) is 2.17. The van der Waals surface area contributed by atoms with E-state index in [9.17, 15) is 12.8 Å². The van der Waals surface area contributed by atoms with Crippen LogP contribution in [-0.4, -0.2) is 19.4 Å². The van der Waals surface area contributed by atoms with Gasteiger partial charge in [0.2, 0.25) is 10.0 Å². The Bertz CT molecular complexity index is 600. The first-order chi connectivity index (χ1) is 9.19. The summed E-state index contributed by atoms with van der Waals surface area (Å²) in [4.78, 5) is -0.212. The molecule has 0 bridgehead atoms. The highest BCUT2D eigenvalue weighted by atomic mass is 32.2. The van der Waals surface area contributed by atoms with Crippen molar-refractivity contribution in [2.75, 3.05) is 0 Å². The molecule has 1 aromatic carbocycles. The molecular weight excluding hydrogens is 299 g/mol. The summed E-state index contributed by atoms with van der Waals surface area (Å²) in [7, 11) is -3.72. The summed E-state index contributed by atoms with van der Waals surface area (Å²) < 4.78 is 40.6. The van der Waals surface area contributed by atoms with Crippen LogP contribution in [0, 0.1) is 11.7 Å². The lowest BCUT2D eigenvalue weighted by atomic mass is 10.0. The first-order valence-electron chi connectivity index (χ1n) is 6.30. The molecule has 0 amide bonds. The van der Waals surface area contributed by atoms with E-state index in [-0.39, 0.29) is 27.4 Å². The SMILES string of the molecule is CCC(NS(=O)(=O)c1ccc(F)c(C(N)=S)c1)C(C)C. The fourth-order valence-electron chi connectivity index (χ4n) is 1.82. The van der Waals surface area contributed by atoms with Gasteiger partial charge in [-0.1, -0.05) is 33.0 Å². The van der Waals surface area contributed by atoms with E-state index >= 15 is 0 Å². The van der Waals surface area contributed by atoms with Gasteiger partial charge < -0.3 is 5.73 Å². The zero-order valence-electron chi connectivity index (χ0n) is 11.7. The molecule has 112 valence electrons. The molecule has 0 saturated heterocycles. The molecule has 20 heavy (non-hydrogen) atoms. The van der Waals surface area contributed by atoms with Gasteiger partial charge in [-0.2, -0.15) is 0 Å². The lowest BCUT2D eigenvalue weighted by Crippen LogP contribution is -2.38. The Morgan fingerprint density at radius 1 is 1.45 bits per heavy atom. The number of rotatable bonds is 6. The minimum atomic E-state index is -3.72. The summed E-state index contributed by atoms with van der Waals surface area (Å²) in [5.74, 6) is -0.474. The van der Waals surface area contributed by atoms with Gasteiger partial charge in [0, 0.05) is 11.6 Å². The number of nitrogens with two attached hydrogens (primary N) is 1. The minimum absolute atomic E-state index is 0.0409. The van der Waals surface area contributed by atoms with Crippen molar-refractivity contribution in [3.05, 3.63) is 29.6 Å². The molecule has 0 aliphatic rings. The lowest BCUT2D eigenvalue weighted by Gasteiger charge is -2.20. The van der Waals surface area contributed by atoms with E-state index in [1.165, 1.54) is 6.07 Å². The molecule has 1 unspecified atom stereocenters. The number of benzene rings is 1. The highest BCUT2D eigenvalue weighted by Crippen LogP contribution is 2.17. The highest BCUT2D eigenvalue weighted by Gasteiger charge is 2.22. The van der Waals surface area contributed by atoms with Gasteiger partial charge in [-0.3, -0.25) is 0 Å². The van der Waals surface area contributed by atoms with Crippen molar-refractivity contribution in [1.82, 2.24) is 4.72 Å². The fraction of sp³-hybridized carbons (Fsp3) is 0.462. The third-order valence-electron chi connectivity index (χ3n) is 3.06. The highest BCUT2D eigenvalue weighted by molar-refractivity contribution is 7.89. The van der Waals surface area contributed by atoms with Crippen LogP contribution in [0.25, 0.3) is 0 Å². The Labute approximate surface area is 124 Å². The average molecular weight is 318 g/mol. The Hall–Kier alpha value is -1.05. The lowest BCUT2D eigenvalue weighted by molar-refractivity contribution is 0.437. The van der Waals surface area contributed by atoms with Crippen LogP contribution in [0.2, 0.25) is 0 Å². The number of sulfonamides is 1. The number of halogens is 1. The van der Waals surface area contributed by atoms with Gasteiger partial charge in [0.15, 0.2) is 0 Å². The summed E-state index contributed by atoms with van der Waals surface area (Å²) >= 11 is 4.71. The van der Waals surface area contributed by atoms with Crippen LogP contribution < -0.4 is 10.5 Å². The summed E-state index contributed by atoms with van der Waals surface area (Å²) in [5, 5.41) is 0. The molecule has 4 nitrogen and oxygen atoms in total. The molecule has 0 aliphatic carbocycles. The van der Waals surface area contributed by atoms with Gasteiger partial charge in [-0.25, -0.2) is 17.5 Å². The number of hydrogen-bond donors (Lipinski definition) is 2. The average Bonchev–Trinajstić information content (AvgIpc) is 2.35.